The molecule has 4 N–H and O–H groups in total. The van der Waals surface area contributed by atoms with Crippen molar-refractivity contribution in [1.29, 1.82) is 0 Å². The zero-order chi connectivity index (χ0) is 42.6. The molecule has 0 spiro atoms. The Hall–Kier alpha value is -6.51. The van der Waals surface area contributed by atoms with E-state index in [4.69, 9.17) is 14.5 Å². The maximum atomic E-state index is 13.7. The molecule has 3 aromatic carbocycles. The van der Waals surface area contributed by atoms with Crippen LogP contribution in [0.5, 0.6) is 11.5 Å². The van der Waals surface area contributed by atoms with E-state index in [1.165, 1.54) is 5.56 Å². The second-order valence-electron chi connectivity index (χ2n) is 16.1. The number of aromatic nitrogens is 2. The fraction of sp³-hybridized carbons (Fsp3) is 0.413. The summed E-state index contributed by atoms with van der Waals surface area (Å²) < 4.78 is 14.0. The largest absolute Gasteiger partial charge is 0.496 e. The first-order valence-electron chi connectivity index (χ1n) is 21.3. The first-order chi connectivity index (χ1) is 29.6. The molecule has 1 unspecified atom stereocenters. The number of fused-ring (bicyclic) bond motifs is 3. The van der Waals surface area contributed by atoms with Crippen molar-refractivity contribution < 1.29 is 38.2 Å². The maximum absolute atomic E-state index is 13.7. The lowest BCUT2D eigenvalue weighted by Gasteiger charge is -2.27. The van der Waals surface area contributed by atoms with E-state index < -0.39 is 29.7 Å². The van der Waals surface area contributed by atoms with Gasteiger partial charge in [-0.1, -0.05) is 24.6 Å². The number of carbonyl (C=O) groups is 6. The van der Waals surface area contributed by atoms with Crippen LogP contribution < -0.4 is 30.7 Å². The van der Waals surface area contributed by atoms with Gasteiger partial charge >= 0.3 is 0 Å². The van der Waals surface area contributed by atoms with Gasteiger partial charge in [0.25, 0.3) is 17.7 Å². The number of amides is 6. The van der Waals surface area contributed by atoms with Crippen molar-refractivity contribution in [2.45, 2.75) is 96.2 Å². The molecule has 4 heterocycles. The Labute approximate surface area is 353 Å². The number of rotatable bonds is 17. The third kappa shape index (κ3) is 8.73. The van der Waals surface area contributed by atoms with Gasteiger partial charge in [-0.3, -0.25) is 39.0 Å². The van der Waals surface area contributed by atoms with Crippen LogP contribution in [0.15, 0.2) is 54.7 Å². The Bertz CT molecular complexity index is 2380. The number of carbonyl (C=O) groups excluding carboxylic acids is 6. The lowest BCUT2D eigenvalue weighted by Crippen LogP contribution is -2.54. The molecule has 3 aliphatic heterocycles. The molecular weight excluding hydrogens is 779 g/mol. The van der Waals surface area contributed by atoms with E-state index in [-0.39, 0.29) is 41.8 Å². The number of hydrogen-bond acceptors (Lipinski definition) is 10. The molecule has 4 aromatic rings. The first kappa shape index (κ1) is 41.2. The van der Waals surface area contributed by atoms with Gasteiger partial charge in [0, 0.05) is 67.5 Å². The highest BCUT2D eigenvalue weighted by molar-refractivity contribution is 6.25. The van der Waals surface area contributed by atoms with E-state index in [2.05, 4.69) is 50.2 Å². The SMILES string of the molecule is COc1cc(C(=O)N[C@@H]2CCc3ccc(-c4cn5c(n4)CCC5)cc32)cc(OCCCNC(=O)CCCCCNc2cccc3c2C(=O)N(C2CCC(=O)NC2=O)C3=O)c1C. The summed E-state index contributed by atoms with van der Waals surface area (Å²) in [5.41, 5.74) is 6.58. The zero-order valence-electron chi connectivity index (χ0n) is 34.6. The number of imidazole rings is 1. The molecule has 4 aliphatic rings. The number of nitrogens with zero attached hydrogens (tertiary/aromatic N) is 3. The van der Waals surface area contributed by atoms with Crippen molar-refractivity contribution in [2.24, 2.45) is 0 Å². The predicted octanol–water partition coefficient (Wildman–Crippen LogP) is 5.19. The van der Waals surface area contributed by atoms with Crippen molar-refractivity contribution in [3.05, 3.63) is 93.9 Å². The minimum absolute atomic E-state index is 0.0581. The van der Waals surface area contributed by atoms with Crippen molar-refractivity contribution in [2.75, 3.05) is 32.1 Å². The molecule has 15 heteroatoms. The standard InChI is InChI=1S/C46H51N7O8/c1-27-37(60-2)24-30(43(56)50-33-16-15-28-13-14-29(23-32(28)33)35-26-52-21-7-11-39(52)49-35)25-38(27)61-22-8-20-48-40(54)12-4-3-5-19-47-34-10-6-9-31-42(34)46(59)53(45(31)58)36-17-18-41(55)51-44(36)57/h6,9-10,13-14,23-26,33,36,47H,3-5,7-8,11-12,15-22H2,1-2H3,(H,48,54)(H,50,56)(H,51,55,57)/t33-,36?/m1/s1. The maximum Gasteiger partial charge on any atom is 0.264 e. The van der Waals surface area contributed by atoms with Crippen LogP contribution in [-0.2, 0) is 33.8 Å². The summed E-state index contributed by atoms with van der Waals surface area (Å²) in [7, 11) is 1.57. The molecule has 2 atom stereocenters. The van der Waals surface area contributed by atoms with Gasteiger partial charge in [-0.2, -0.15) is 0 Å². The summed E-state index contributed by atoms with van der Waals surface area (Å²) >= 11 is 0. The van der Waals surface area contributed by atoms with E-state index in [0.29, 0.717) is 61.7 Å². The molecule has 1 aromatic heterocycles. The highest BCUT2D eigenvalue weighted by Gasteiger charge is 2.45. The smallest absolute Gasteiger partial charge is 0.264 e. The average Bonchev–Trinajstić information content (AvgIpc) is 4.03. The molecule has 61 heavy (non-hydrogen) atoms. The van der Waals surface area contributed by atoms with Gasteiger partial charge < -0.3 is 30.0 Å². The van der Waals surface area contributed by atoms with E-state index in [0.717, 1.165) is 78.2 Å². The zero-order valence-corrected chi connectivity index (χ0v) is 34.6. The number of anilines is 1. The molecule has 1 saturated heterocycles. The highest BCUT2D eigenvalue weighted by Crippen LogP contribution is 2.37. The Kier molecular flexibility index (Phi) is 12.2. The first-order valence-corrected chi connectivity index (χ1v) is 21.3. The number of methoxy groups -OCH3 is 1. The Balaban J connectivity index is 0.753. The minimum atomic E-state index is -1.02. The Morgan fingerprint density at radius 3 is 2.59 bits per heavy atom. The number of benzene rings is 3. The van der Waals surface area contributed by atoms with Crippen LogP contribution in [0.3, 0.4) is 0 Å². The van der Waals surface area contributed by atoms with Gasteiger partial charge in [-0.25, -0.2) is 4.98 Å². The van der Waals surface area contributed by atoms with Crippen molar-refractivity contribution in [3.8, 4) is 22.8 Å². The van der Waals surface area contributed by atoms with Crippen LogP contribution in [0.25, 0.3) is 11.3 Å². The van der Waals surface area contributed by atoms with Gasteiger partial charge in [-0.05, 0) is 93.3 Å². The van der Waals surface area contributed by atoms with Gasteiger partial charge in [-0.15, -0.1) is 0 Å². The topological polar surface area (TPSA) is 190 Å². The summed E-state index contributed by atoms with van der Waals surface area (Å²) in [4.78, 5) is 82.4. The number of imide groups is 2. The number of hydrogen-bond donors (Lipinski definition) is 4. The van der Waals surface area contributed by atoms with Gasteiger partial charge in [0.2, 0.25) is 17.7 Å². The van der Waals surface area contributed by atoms with Crippen LogP contribution in [0.2, 0.25) is 0 Å². The normalized spacial score (nSPS) is 17.8. The van der Waals surface area contributed by atoms with Crippen LogP contribution in [0.1, 0.15) is 117 Å². The molecule has 6 amide bonds. The molecule has 1 fully saturated rings. The van der Waals surface area contributed by atoms with Crippen LogP contribution >= 0.6 is 0 Å². The summed E-state index contributed by atoms with van der Waals surface area (Å²) in [6.45, 7) is 4.18. The molecule has 0 bridgehead atoms. The van der Waals surface area contributed by atoms with E-state index >= 15 is 0 Å². The van der Waals surface area contributed by atoms with E-state index in [1.807, 2.05) is 6.92 Å². The fourth-order valence-electron chi connectivity index (χ4n) is 8.75. The molecule has 15 nitrogen and oxygen atoms in total. The third-order valence-electron chi connectivity index (χ3n) is 12.0. The molecular formula is C46H51N7O8. The van der Waals surface area contributed by atoms with Crippen LogP contribution in [0, 0.1) is 6.92 Å². The minimum Gasteiger partial charge on any atom is -0.496 e. The van der Waals surface area contributed by atoms with Crippen molar-refractivity contribution >= 4 is 41.1 Å². The lowest BCUT2D eigenvalue weighted by molar-refractivity contribution is -0.136. The molecule has 8 rings (SSSR count). The summed E-state index contributed by atoms with van der Waals surface area (Å²) in [5, 5.41) is 11.6. The van der Waals surface area contributed by atoms with Crippen molar-refractivity contribution in [3.63, 3.8) is 0 Å². The van der Waals surface area contributed by atoms with E-state index in [9.17, 15) is 28.8 Å². The monoisotopic (exact) mass is 829 g/mol. The predicted molar refractivity (Wildman–Crippen MR) is 225 cm³/mol. The molecule has 1 aliphatic carbocycles. The fourth-order valence-corrected chi connectivity index (χ4v) is 8.75. The second-order valence-corrected chi connectivity index (χ2v) is 16.1. The lowest BCUT2D eigenvalue weighted by atomic mass is 10.0. The van der Waals surface area contributed by atoms with Gasteiger partial charge in [0.1, 0.15) is 23.4 Å². The highest BCUT2D eigenvalue weighted by atomic mass is 16.5. The van der Waals surface area contributed by atoms with Crippen LogP contribution in [0.4, 0.5) is 5.69 Å². The quantitative estimate of drug-likeness (QED) is 0.0815. The van der Waals surface area contributed by atoms with Crippen molar-refractivity contribution in [1.82, 2.24) is 30.4 Å². The summed E-state index contributed by atoms with van der Waals surface area (Å²) in [6.07, 6.45) is 9.23. The number of piperidine rings is 1. The Morgan fingerprint density at radius 1 is 0.918 bits per heavy atom. The third-order valence-corrected chi connectivity index (χ3v) is 12.0. The number of nitrogens with one attached hydrogen (secondary N) is 4. The summed E-state index contributed by atoms with van der Waals surface area (Å²) in [5.74, 6) is -0.195. The molecule has 0 saturated carbocycles. The molecule has 0 radical (unpaired) electrons. The summed E-state index contributed by atoms with van der Waals surface area (Å²) in [6, 6.07) is 13.8. The molecule has 318 valence electrons. The van der Waals surface area contributed by atoms with E-state index in [1.54, 1.807) is 37.4 Å². The Morgan fingerprint density at radius 2 is 1.77 bits per heavy atom. The number of unbranched alkanes of at least 4 members (excludes halogenated alkanes) is 2. The van der Waals surface area contributed by atoms with Gasteiger partial charge in [0.05, 0.1) is 36.6 Å². The number of aryl methyl sites for hydroxylation is 3. The van der Waals surface area contributed by atoms with Crippen LogP contribution in [-0.4, -0.2) is 82.7 Å². The van der Waals surface area contributed by atoms with Gasteiger partial charge in [0.15, 0.2) is 0 Å². The number of ether oxygens (including phenoxy) is 2. The average molecular weight is 830 g/mol. The second kappa shape index (κ2) is 18.0.